The summed E-state index contributed by atoms with van der Waals surface area (Å²) in [5.41, 5.74) is 0. The average Bonchev–Trinajstić information content (AvgIpc) is 3.41. The van der Waals surface area contributed by atoms with E-state index in [1.54, 1.807) is 0 Å². The minimum atomic E-state index is -0.896. The Kier molecular flexibility index (Phi) is 55.2. The van der Waals surface area contributed by atoms with Crippen molar-refractivity contribution in [2.24, 2.45) is 0 Å². The lowest BCUT2D eigenvalue weighted by Gasteiger charge is -2.18. The van der Waals surface area contributed by atoms with Gasteiger partial charge in [-0.2, -0.15) is 0 Å². The van der Waals surface area contributed by atoms with Crippen LogP contribution in [0, 0.1) is 0 Å². The summed E-state index contributed by atoms with van der Waals surface area (Å²) in [6, 6.07) is 0. The highest BCUT2D eigenvalue weighted by Gasteiger charge is 2.19. The van der Waals surface area contributed by atoms with Crippen molar-refractivity contribution in [2.45, 2.75) is 181 Å². The summed E-state index contributed by atoms with van der Waals surface area (Å²) < 4.78 is 16.6. The van der Waals surface area contributed by atoms with Crippen molar-refractivity contribution >= 4 is 17.9 Å². The van der Waals surface area contributed by atoms with Crippen LogP contribution in [0.15, 0.2) is 219 Å². The molecule has 0 aliphatic heterocycles. The van der Waals surface area contributed by atoms with E-state index in [0.29, 0.717) is 19.3 Å². The molecular formula is C69H98O6. The first kappa shape index (κ1) is 68.7. The van der Waals surface area contributed by atoms with E-state index < -0.39 is 24.0 Å². The molecule has 0 aliphatic rings. The molecule has 0 amide bonds. The fourth-order valence-corrected chi connectivity index (χ4v) is 6.40. The number of carbonyl (C=O) groups is 3. The summed E-state index contributed by atoms with van der Waals surface area (Å²) in [7, 11) is 0. The van der Waals surface area contributed by atoms with Gasteiger partial charge in [0.15, 0.2) is 6.10 Å². The normalized spacial score (nSPS) is 13.8. The van der Waals surface area contributed by atoms with E-state index in [1.165, 1.54) is 0 Å². The highest BCUT2D eigenvalue weighted by molar-refractivity contribution is 5.71. The molecule has 0 bridgehead atoms. The molecule has 75 heavy (non-hydrogen) atoms. The van der Waals surface area contributed by atoms with Crippen molar-refractivity contribution in [2.75, 3.05) is 13.2 Å². The maximum atomic E-state index is 12.8. The molecular weight excluding hydrogens is 925 g/mol. The molecule has 0 rings (SSSR count). The molecule has 0 aromatic carbocycles. The van der Waals surface area contributed by atoms with Crippen LogP contribution in [0.1, 0.15) is 175 Å². The predicted molar refractivity (Wildman–Crippen MR) is 324 cm³/mol. The van der Waals surface area contributed by atoms with Gasteiger partial charge in [-0.25, -0.2) is 0 Å². The summed E-state index contributed by atoms with van der Waals surface area (Å²) in [5.74, 6) is -1.25. The zero-order valence-electron chi connectivity index (χ0n) is 46.7. The minimum Gasteiger partial charge on any atom is -0.462 e. The Hall–Kier alpha value is -6.27. The quantitative estimate of drug-likeness (QED) is 0.0343. The Morgan fingerprint density at radius 3 is 0.627 bits per heavy atom. The van der Waals surface area contributed by atoms with E-state index in [9.17, 15) is 14.4 Å². The van der Waals surface area contributed by atoms with Crippen LogP contribution in [0.2, 0.25) is 0 Å². The molecule has 0 saturated heterocycles. The molecule has 0 spiro atoms. The molecule has 0 aromatic rings. The topological polar surface area (TPSA) is 78.9 Å². The third-order valence-electron chi connectivity index (χ3n) is 10.5. The third-order valence-corrected chi connectivity index (χ3v) is 10.5. The molecule has 0 N–H and O–H groups in total. The summed E-state index contributed by atoms with van der Waals surface area (Å²) >= 11 is 0. The fraction of sp³-hybridized carbons (Fsp3) is 0.435. The van der Waals surface area contributed by atoms with Crippen molar-refractivity contribution in [1.82, 2.24) is 0 Å². The van der Waals surface area contributed by atoms with Gasteiger partial charge in [-0.05, 0) is 135 Å². The third kappa shape index (κ3) is 58.5. The number of ether oxygens (including phenoxy) is 3. The van der Waals surface area contributed by atoms with E-state index in [2.05, 4.69) is 203 Å². The second kappa shape index (κ2) is 60.3. The standard InChI is InChI=1S/C69H98O6/c1-4-7-10-13-16-19-22-25-28-31-34-37-40-43-46-49-52-55-58-61-67(70)73-64-66(75-69(72)63-60-57-54-51-48-45-42-39-36-33-30-27-24-21-18-15-12-9-6-3)65-74-68(71)62-59-56-53-50-47-44-41-38-35-32-29-26-23-20-17-14-11-8-5-2/h7-12,16-21,25-30,34-39,43-48,52-57,66H,4-6,13-15,22-24,31-33,40-42,49-51,58-65H2,1-3H3/b10-7-,11-8+,12-9+,19-16+,20-17+,21-18+,28-25-,29-26+,30-27+,37-34+,38-35+,39-36+,46-43-,47-44+,48-45+,55-52-,56-53+,57-54+. The molecule has 0 aromatic heterocycles. The highest BCUT2D eigenvalue weighted by atomic mass is 16.6. The lowest BCUT2D eigenvalue weighted by atomic mass is 10.2. The molecule has 410 valence electrons. The number of allylic oxidation sites excluding steroid dienone is 36. The van der Waals surface area contributed by atoms with Gasteiger partial charge in [0, 0.05) is 19.3 Å². The first-order valence-electron chi connectivity index (χ1n) is 28.2. The molecule has 6 heteroatoms. The van der Waals surface area contributed by atoms with Crippen molar-refractivity contribution in [3.05, 3.63) is 219 Å². The molecule has 1 atom stereocenters. The van der Waals surface area contributed by atoms with Crippen LogP contribution in [0.3, 0.4) is 0 Å². The number of hydrogen-bond donors (Lipinski definition) is 0. The van der Waals surface area contributed by atoms with Crippen LogP contribution in [0.5, 0.6) is 0 Å². The molecule has 1 unspecified atom stereocenters. The fourth-order valence-electron chi connectivity index (χ4n) is 6.40. The smallest absolute Gasteiger partial charge is 0.306 e. The van der Waals surface area contributed by atoms with Crippen LogP contribution in [0.4, 0.5) is 0 Å². The van der Waals surface area contributed by atoms with Gasteiger partial charge in [0.1, 0.15) is 13.2 Å². The first-order chi connectivity index (χ1) is 37.0. The van der Waals surface area contributed by atoms with Crippen molar-refractivity contribution in [3.63, 3.8) is 0 Å². The zero-order chi connectivity index (χ0) is 54.3. The number of carbonyl (C=O) groups excluding carboxylic acids is 3. The Morgan fingerprint density at radius 2 is 0.427 bits per heavy atom. The molecule has 6 nitrogen and oxygen atoms in total. The van der Waals surface area contributed by atoms with Crippen molar-refractivity contribution in [1.29, 1.82) is 0 Å². The van der Waals surface area contributed by atoms with E-state index in [0.717, 1.165) is 116 Å². The first-order valence-corrected chi connectivity index (χ1v) is 28.2. The monoisotopic (exact) mass is 1020 g/mol. The molecule has 0 saturated carbocycles. The van der Waals surface area contributed by atoms with Crippen molar-refractivity contribution < 1.29 is 28.6 Å². The Bertz CT molecular complexity index is 1850. The lowest BCUT2D eigenvalue weighted by molar-refractivity contribution is -0.166. The van der Waals surface area contributed by atoms with Gasteiger partial charge in [-0.15, -0.1) is 0 Å². The van der Waals surface area contributed by atoms with Gasteiger partial charge in [-0.1, -0.05) is 240 Å². The van der Waals surface area contributed by atoms with Gasteiger partial charge in [0.2, 0.25) is 0 Å². The van der Waals surface area contributed by atoms with E-state index in [4.69, 9.17) is 14.2 Å². The molecule has 0 fully saturated rings. The van der Waals surface area contributed by atoms with E-state index in [1.807, 2.05) is 36.5 Å². The molecule has 0 radical (unpaired) electrons. The highest BCUT2D eigenvalue weighted by Crippen LogP contribution is 2.07. The van der Waals surface area contributed by atoms with Crippen LogP contribution in [-0.2, 0) is 28.6 Å². The van der Waals surface area contributed by atoms with Gasteiger partial charge in [0.05, 0.1) is 0 Å². The second-order valence-electron chi connectivity index (χ2n) is 17.3. The van der Waals surface area contributed by atoms with Crippen LogP contribution in [0.25, 0.3) is 0 Å². The molecule has 0 aliphatic carbocycles. The predicted octanol–water partition coefficient (Wildman–Crippen LogP) is 19.4. The SMILES string of the molecule is CC/C=C\C/C=C/C/C=C\C/C=C/C/C=C\C/C=C\CCC(=O)OCC(COC(=O)CC/C=C/C/C=C/C/C=C/C/C=C/C/C=C/C/C=C/CC)OC(=O)CC/C=C/C/C=C/C/C=C/C/C=C/C/C=C/C/C=C/CC. The minimum absolute atomic E-state index is 0.159. The average molecular weight is 1020 g/mol. The number of rotatable bonds is 47. The Labute approximate surface area is 457 Å². The van der Waals surface area contributed by atoms with Crippen LogP contribution in [-0.4, -0.2) is 37.2 Å². The van der Waals surface area contributed by atoms with Gasteiger partial charge < -0.3 is 14.2 Å². The Morgan fingerprint density at radius 1 is 0.253 bits per heavy atom. The Balaban J connectivity index is 4.79. The van der Waals surface area contributed by atoms with E-state index in [-0.39, 0.29) is 32.5 Å². The maximum Gasteiger partial charge on any atom is 0.306 e. The largest absolute Gasteiger partial charge is 0.462 e. The molecule has 0 heterocycles. The summed E-state index contributed by atoms with van der Waals surface area (Å²) in [6.07, 6.45) is 95.3. The van der Waals surface area contributed by atoms with Gasteiger partial charge >= 0.3 is 17.9 Å². The summed E-state index contributed by atoms with van der Waals surface area (Å²) in [6.45, 7) is 6.06. The summed E-state index contributed by atoms with van der Waals surface area (Å²) in [5, 5.41) is 0. The van der Waals surface area contributed by atoms with Crippen LogP contribution < -0.4 is 0 Å². The van der Waals surface area contributed by atoms with Crippen molar-refractivity contribution in [3.8, 4) is 0 Å². The number of hydrogen-bond acceptors (Lipinski definition) is 6. The van der Waals surface area contributed by atoms with Crippen LogP contribution >= 0.6 is 0 Å². The zero-order valence-corrected chi connectivity index (χ0v) is 46.7. The lowest BCUT2D eigenvalue weighted by Crippen LogP contribution is -2.30. The summed E-state index contributed by atoms with van der Waals surface area (Å²) in [4.78, 5) is 38.1. The van der Waals surface area contributed by atoms with Gasteiger partial charge in [-0.3, -0.25) is 14.4 Å². The maximum absolute atomic E-state index is 12.8. The number of esters is 3. The van der Waals surface area contributed by atoms with E-state index >= 15 is 0 Å². The second-order valence-corrected chi connectivity index (χ2v) is 17.3. The van der Waals surface area contributed by atoms with Gasteiger partial charge in [0.25, 0.3) is 0 Å².